The van der Waals surface area contributed by atoms with Crippen LogP contribution in [0.5, 0.6) is 0 Å². The third-order valence-electron chi connectivity index (χ3n) is 3.47. The van der Waals surface area contributed by atoms with Crippen LogP contribution >= 0.6 is 15.9 Å². The van der Waals surface area contributed by atoms with Crippen molar-refractivity contribution < 1.29 is 9.59 Å². The first-order valence-electron chi connectivity index (χ1n) is 7.35. The lowest BCUT2D eigenvalue weighted by molar-refractivity contribution is -0.132. The number of carbonyl (C=O) groups excluding carboxylic acids is 2. The smallest absolute Gasteiger partial charge is 0.314 e. The largest absolute Gasteiger partial charge is 0.318 e. The van der Waals surface area contributed by atoms with Crippen LogP contribution in [-0.4, -0.2) is 11.8 Å². The molecule has 0 aliphatic carbocycles. The van der Waals surface area contributed by atoms with E-state index in [-0.39, 0.29) is 0 Å². The number of amides is 2. The van der Waals surface area contributed by atoms with Gasteiger partial charge in [-0.15, -0.1) is 0 Å². The summed E-state index contributed by atoms with van der Waals surface area (Å²) < 4.78 is 0.875. The summed E-state index contributed by atoms with van der Waals surface area (Å²) in [7, 11) is 0. The van der Waals surface area contributed by atoms with Crippen LogP contribution in [0.1, 0.15) is 30.9 Å². The Morgan fingerprint density at radius 1 is 0.913 bits per heavy atom. The summed E-state index contributed by atoms with van der Waals surface area (Å²) >= 11 is 3.39. The molecule has 120 valence electrons. The maximum atomic E-state index is 12.0. The quantitative estimate of drug-likeness (QED) is 0.779. The van der Waals surface area contributed by atoms with E-state index in [1.165, 1.54) is 5.56 Å². The third-order valence-corrected chi connectivity index (χ3v) is 4.33. The first-order valence-corrected chi connectivity index (χ1v) is 8.14. The molecule has 0 unspecified atom stereocenters. The Balaban J connectivity index is 1.99. The van der Waals surface area contributed by atoms with Crippen LogP contribution in [0.3, 0.4) is 0 Å². The fourth-order valence-corrected chi connectivity index (χ4v) is 2.38. The van der Waals surface area contributed by atoms with Gasteiger partial charge in [0, 0.05) is 15.8 Å². The number of halogens is 1. The summed E-state index contributed by atoms with van der Waals surface area (Å²) in [6.45, 7) is 6.14. The molecule has 0 bridgehead atoms. The van der Waals surface area contributed by atoms with E-state index < -0.39 is 11.8 Å². The van der Waals surface area contributed by atoms with E-state index >= 15 is 0 Å². The highest BCUT2D eigenvalue weighted by molar-refractivity contribution is 9.10. The summed E-state index contributed by atoms with van der Waals surface area (Å²) in [5.74, 6) is -0.976. The second kappa shape index (κ2) is 7.42. The number of nitrogens with one attached hydrogen (secondary N) is 2. The molecule has 0 aromatic heterocycles. The molecule has 0 saturated heterocycles. The van der Waals surface area contributed by atoms with Gasteiger partial charge in [-0.25, -0.2) is 0 Å². The number of benzene rings is 2. The highest BCUT2D eigenvalue weighted by atomic mass is 79.9. The average Bonchev–Trinajstić information content (AvgIpc) is 2.51. The molecule has 0 fully saturated rings. The van der Waals surface area contributed by atoms with E-state index in [0.29, 0.717) is 17.3 Å². The van der Waals surface area contributed by atoms with Crippen molar-refractivity contribution in [3.05, 3.63) is 58.1 Å². The van der Waals surface area contributed by atoms with Crippen LogP contribution in [0.2, 0.25) is 0 Å². The van der Waals surface area contributed by atoms with Crippen LogP contribution in [0.25, 0.3) is 0 Å². The highest BCUT2D eigenvalue weighted by Gasteiger charge is 2.14. The van der Waals surface area contributed by atoms with Gasteiger partial charge in [0.2, 0.25) is 0 Å². The normalized spacial score (nSPS) is 10.5. The monoisotopic (exact) mass is 374 g/mol. The highest BCUT2D eigenvalue weighted by Crippen LogP contribution is 2.21. The summed E-state index contributed by atoms with van der Waals surface area (Å²) in [5, 5.41) is 5.17. The lowest BCUT2D eigenvalue weighted by Gasteiger charge is -2.09. The van der Waals surface area contributed by atoms with Gasteiger partial charge >= 0.3 is 11.8 Å². The summed E-state index contributed by atoms with van der Waals surface area (Å²) in [6, 6.07) is 12.8. The minimum Gasteiger partial charge on any atom is -0.318 e. The molecule has 23 heavy (non-hydrogen) atoms. The number of hydrogen-bond acceptors (Lipinski definition) is 2. The standard InChI is InChI=1S/C18H19BrN2O2/c1-11(2)13-5-8-14(9-6-13)20-17(22)18(23)21-15-7-4-12(3)16(19)10-15/h4-11H,1-3H3,(H,20,22)(H,21,23). The second-order valence-electron chi connectivity index (χ2n) is 5.65. The maximum Gasteiger partial charge on any atom is 0.314 e. The zero-order valence-corrected chi connectivity index (χ0v) is 14.9. The van der Waals surface area contributed by atoms with Gasteiger partial charge in [-0.2, -0.15) is 0 Å². The molecule has 0 atom stereocenters. The van der Waals surface area contributed by atoms with Crippen LogP contribution in [0, 0.1) is 6.92 Å². The first-order chi connectivity index (χ1) is 10.9. The Bertz CT molecular complexity index is 724. The van der Waals surface area contributed by atoms with Gasteiger partial charge in [-0.05, 0) is 48.2 Å². The Morgan fingerprint density at radius 3 is 1.96 bits per heavy atom. The van der Waals surface area contributed by atoms with Gasteiger partial charge in [-0.1, -0.05) is 48.0 Å². The van der Waals surface area contributed by atoms with E-state index in [1.807, 2.05) is 25.1 Å². The van der Waals surface area contributed by atoms with E-state index in [1.54, 1.807) is 24.3 Å². The van der Waals surface area contributed by atoms with Crippen molar-refractivity contribution in [3.63, 3.8) is 0 Å². The molecule has 4 nitrogen and oxygen atoms in total. The van der Waals surface area contributed by atoms with E-state index in [0.717, 1.165) is 10.0 Å². The topological polar surface area (TPSA) is 58.2 Å². The van der Waals surface area contributed by atoms with Gasteiger partial charge in [0.05, 0.1) is 0 Å². The molecule has 2 rings (SSSR count). The van der Waals surface area contributed by atoms with Crippen molar-refractivity contribution in [2.45, 2.75) is 26.7 Å². The van der Waals surface area contributed by atoms with Crippen molar-refractivity contribution in [2.24, 2.45) is 0 Å². The van der Waals surface area contributed by atoms with Crippen molar-refractivity contribution >= 4 is 39.1 Å². The van der Waals surface area contributed by atoms with Crippen molar-refractivity contribution in [2.75, 3.05) is 10.6 Å². The van der Waals surface area contributed by atoms with Gasteiger partial charge < -0.3 is 10.6 Å². The molecule has 0 saturated carbocycles. The molecule has 0 spiro atoms. The van der Waals surface area contributed by atoms with Crippen LogP contribution in [-0.2, 0) is 9.59 Å². The SMILES string of the molecule is Cc1ccc(NC(=O)C(=O)Nc2ccc(C(C)C)cc2)cc1Br. The molecular weight excluding hydrogens is 356 g/mol. The molecular formula is C18H19BrN2O2. The summed E-state index contributed by atoms with van der Waals surface area (Å²) in [4.78, 5) is 23.9. The number of rotatable bonds is 3. The van der Waals surface area contributed by atoms with Crippen LogP contribution < -0.4 is 10.6 Å². The predicted molar refractivity (Wildman–Crippen MR) is 96.7 cm³/mol. The van der Waals surface area contributed by atoms with Gasteiger partial charge in [0.25, 0.3) is 0 Å². The number of anilines is 2. The molecule has 2 aromatic rings. The van der Waals surface area contributed by atoms with Crippen LogP contribution in [0.15, 0.2) is 46.9 Å². The molecule has 5 heteroatoms. The Hall–Kier alpha value is -2.14. The average molecular weight is 375 g/mol. The minimum atomic E-state index is -0.700. The fraction of sp³-hybridized carbons (Fsp3) is 0.222. The van der Waals surface area contributed by atoms with E-state index in [9.17, 15) is 9.59 Å². The maximum absolute atomic E-state index is 12.0. The number of aryl methyl sites for hydroxylation is 1. The summed E-state index contributed by atoms with van der Waals surface area (Å²) in [6.07, 6.45) is 0. The van der Waals surface area contributed by atoms with Gasteiger partial charge in [0.15, 0.2) is 0 Å². The Labute approximate surface area is 144 Å². The molecule has 0 radical (unpaired) electrons. The molecule has 0 aliphatic rings. The predicted octanol–water partition coefficient (Wildman–Crippen LogP) is 4.46. The Kier molecular flexibility index (Phi) is 5.55. The molecule has 2 amide bonds. The number of carbonyl (C=O) groups is 2. The Morgan fingerprint density at radius 2 is 1.43 bits per heavy atom. The minimum absolute atomic E-state index is 0.419. The van der Waals surface area contributed by atoms with Crippen molar-refractivity contribution in [1.29, 1.82) is 0 Å². The van der Waals surface area contributed by atoms with Gasteiger partial charge in [0.1, 0.15) is 0 Å². The van der Waals surface area contributed by atoms with Crippen molar-refractivity contribution in [1.82, 2.24) is 0 Å². The third kappa shape index (κ3) is 4.66. The van der Waals surface area contributed by atoms with Crippen molar-refractivity contribution in [3.8, 4) is 0 Å². The van der Waals surface area contributed by atoms with Crippen LogP contribution in [0.4, 0.5) is 11.4 Å². The second-order valence-corrected chi connectivity index (χ2v) is 6.50. The zero-order valence-electron chi connectivity index (χ0n) is 13.3. The van der Waals surface area contributed by atoms with E-state index in [4.69, 9.17) is 0 Å². The molecule has 2 aromatic carbocycles. The zero-order chi connectivity index (χ0) is 17.0. The molecule has 2 N–H and O–H groups in total. The molecule has 0 heterocycles. The summed E-state index contributed by atoms with van der Waals surface area (Å²) in [5.41, 5.74) is 3.40. The lowest BCUT2D eigenvalue weighted by Crippen LogP contribution is -2.29. The molecule has 0 aliphatic heterocycles. The lowest BCUT2D eigenvalue weighted by atomic mass is 10.0. The fourth-order valence-electron chi connectivity index (χ4n) is 2.00. The number of hydrogen-bond donors (Lipinski definition) is 2. The van der Waals surface area contributed by atoms with Gasteiger partial charge in [-0.3, -0.25) is 9.59 Å². The first kappa shape index (κ1) is 17.2. The van der Waals surface area contributed by atoms with E-state index in [2.05, 4.69) is 40.4 Å².